The van der Waals surface area contributed by atoms with Crippen molar-refractivity contribution in [3.05, 3.63) is 29.8 Å². The molecule has 0 aliphatic carbocycles. The number of carbonyl (C=O) groups is 1. The van der Waals surface area contributed by atoms with Gasteiger partial charge in [0.15, 0.2) is 0 Å². The normalized spacial score (nSPS) is 9.58. The maximum absolute atomic E-state index is 11.6. The van der Waals surface area contributed by atoms with Gasteiger partial charge in [0.05, 0.1) is 13.0 Å². The lowest BCUT2D eigenvalue weighted by Crippen LogP contribution is -2.27. The summed E-state index contributed by atoms with van der Waals surface area (Å²) in [6.07, 6.45) is 1.37. The quantitative estimate of drug-likeness (QED) is 0.716. The minimum Gasteiger partial charge on any atom is -0.494 e. The van der Waals surface area contributed by atoms with Gasteiger partial charge in [0.1, 0.15) is 5.75 Å². The molecular weight excluding hydrogens is 264 g/mol. The largest absolute Gasteiger partial charge is 0.494 e. The van der Waals surface area contributed by atoms with Crippen LogP contribution in [0.3, 0.4) is 0 Å². The van der Waals surface area contributed by atoms with Crippen LogP contribution in [0.1, 0.15) is 18.9 Å². The van der Waals surface area contributed by atoms with Crippen LogP contribution in [0.25, 0.3) is 0 Å². The highest BCUT2D eigenvalue weighted by molar-refractivity contribution is 5.85. The molecule has 0 heterocycles. The van der Waals surface area contributed by atoms with Crippen LogP contribution in [-0.4, -0.2) is 32.7 Å². The zero-order valence-corrected chi connectivity index (χ0v) is 12.4. The molecule has 1 aromatic rings. The lowest BCUT2D eigenvalue weighted by Gasteiger charge is -2.06. The third-order valence-corrected chi connectivity index (χ3v) is 2.52. The molecule has 0 bridgehead atoms. The van der Waals surface area contributed by atoms with E-state index in [1.165, 1.54) is 0 Å². The molecule has 1 aromatic carbocycles. The molecule has 2 N–H and O–H groups in total. The Labute approximate surface area is 121 Å². The second-order valence-corrected chi connectivity index (χ2v) is 4.06. The number of carbonyl (C=O) groups excluding carboxylic acids is 1. The lowest BCUT2D eigenvalue weighted by molar-refractivity contribution is -0.120. The van der Waals surface area contributed by atoms with E-state index in [9.17, 15) is 4.79 Å². The smallest absolute Gasteiger partial charge is 0.224 e. The van der Waals surface area contributed by atoms with E-state index in [0.717, 1.165) is 30.8 Å². The lowest BCUT2D eigenvalue weighted by atomic mass is 10.1. The Balaban J connectivity index is 0.00000324. The number of nitrogens with one attached hydrogen (secondary N) is 2. The molecule has 0 aliphatic heterocycles. The molecule has 0 aromatic heterocycles. The number of hydrogen-bond donors (Lipinski definition) is 2. The van der Waals surface area contributed by atoms with Crippen molar-refractivity contribution < 1.29 is 9.53 Å². The molecule has 1 amide bonds. The highest BCUT2D eigenvalue weighted by atomic mass is 35.5. The summed E-state index contributed by atoms with van der Waals surface area (Å²) in [6.45, 7) is 4.25. The number of rotatable bonds is 8. The maximum Gasteiger partial charge on any atom is 0.224 e. The van der Waals surface area contributed by atoms with Crippen molar-refractivity contribution in [3.63, 3.8) is 0 Å². The third-order valence-electron chi connectivity index (χ3n) is 2.52. The van der Waals surface area contributed by atoms with Crippen LogP contribution in [0.4, 0.5) is 0 Å². The van der Waals surface area contributed by atoms with Crippen molar-refractivity contribution in [1.82, 2.24) is 10.6 Å². The molecule has 0 spiro atoms. The third kappa shape index (κ3) is 7.70. The SMILES string of the molecule is CCOc1ccc(CC(=O)NCCCNC)cc1.Cl. The number of halogens is 1. The van der Waals surface area contributed by atoms with E-state index < -0.39 is 0 Å². The summed E-state index contributed by atoms with van der Waals surface area (Å²) < 4.78 is 5.35. The van der Waals surface area contributed by atoms with Gasteiger partial charge in [-0.05, 0) is 44.6 Å². The maximum atomic E-state index is 11.6. The van der Waals surface area contributed by atoms with Crippen LogP contribution in [0.5, 0.6) is 5.75 Å². The molecule has 4 nitrogen and oxygen atoms in total. The Kier molecular flexibility index (Phi) is 9.94. The van der Waals surface area contributed by atoms with Crippen molar-refractivity contribution in [2.75, 3.05) is 26.7 Å². The summed E-state index contributed by atoms with van der Waals surface area (Å²) in [5.41, 5.74) is 1.00. The number of ether oxygens (including phenoxy) is 1. The summed E-state index contributed by atoms with van der Waals surface area (Å²) in [5.74, 6) is 0.908. The average Bonchev–Trinajstić information content (AvgIpc) is 2.37. The van der Waals surface area contributed by atoms with Crippen molar-refractivity contribution in [2.24, 2.45) is 0 Å². The predicted octanol–water partition coefficient (Wildman–Crippen LogP) is 1.78. The fourth-order valence-corrected chi connectivity index (χ4v) is 1.61. The van der Waals surface area contributed by atoms with E-state index in [1.54, 1.807) is 0 Å². The number of benzene rings is 1. The Hall–Kier alpha value is -1.26. The van der Waals surface area contributed by atoms with Gasteiger partial charge in [-0.1, -0.05) is 12.1 Å². The van der Waals surface area contributed by atoms with Gasteiger partial charge in [-0.2, -0.15) is 0 Å². The fourth-order valence-electron chi connectivity index (χ4n) is 1.61. The minimum atomic E-state index is 0. The summed E-state index contributed by atoms with van der Waals surface area (Å²) >= 11 is 0. The summed E-state index contributed by atoms with van der Waals surface area (Å²) in [6, 6.07) is 7.65. The summed E-state index contributed by atoms with van der Waals surface area (Å²) in [4.78, 5) is 11.6. The van der Waals surface area contributed by atoms with E-state index in [0.29, 0.717) is 13.0 Å². The average molecular weight is 287 g/mol. The van der Waals surface area contributed by atoms with Crippen molar-refractivity contribution in [2.45, 2.75) is 19.8 Å². The molecule has 108 valence electrons. The van der Waals surface area contributed by atoms with E-state index in [1.807, 2.05) is 38.2 Å². The van der Waals surface area contributed by atoms with E-state index in [4.69, 9.17) is 4.74 Å². The Morgan fingerprint density at radius 1 is 1.21 bits per heavy atom. The first-order valence-electron chi connectivity index (χ1n) is 6.39. The Morgan fingerprint density at radius 2 is 1.89 bits per heavy atom. The van der Waals surface area contributed by atoms with Gasteiger partial charge >= 0.3 is 0 Å². The van der Waals surface area contributed by atoms with E-state index in [-0.39, 0.29) is 18.3 Å². The molecule has 5 heteroatoms. The second kappa shape index (κ2) is 10.6. The van der Waals surface area contributed by atoms with Crippen molar-refractivity contribution in [1.29, 1.82) is 0 Å². The van der Waals surface area contributed by atoms with E-state index in [2.05, 4.69) is 10.6 Å². The molecule has 19 heavy (non-hydrogen) atoms. The molecular formula is C14H23ClN2O2. The van der Waals surface area contributed by atoms with Gasteiger partial charge in [0, 0.05) is 6.54 Å². The van der Waals surface area contributed by atoms with Crippen LogP contribution in [0.2, 0.25) is 0 Å². The van der Waals surface area contributed by atoms with Gasteiger partial charge in [0.25, 0.3) is 0 Å². The first-order chi connectivity index (χ1) is 8.76. The Morgan fingerprint density at radius 3 is 2.47 bits per heavy atom. The van der Waals surface area contributed by atoms with Crippen LogP contribution in [0, 0.1) is 0 Å². The van der Waals surface area contributed by atoms with E-state index >= 15 is 0 Å². The zero-order chi connectivity index (χ0) is 13.2. The highest BCUT2D eigenvalue weighted by Gasteiger charge is 2.02. The highest BCUT2D eigenvalue weighted by Crippen LogP contribution is 2.12. The van der Waals surface area contributed by atoms with Crippen molar-refractivity contribution in [3.8, 4) is 5.75 Å². The van der Waals surface area contributed by atoms with Crippen LogP contribution < -0.4 is 15.4 Å². The molecule has 0 fully saturated rings. The van der Waals surface area contributed by atoms with Gasteiger partial charge in [0.2, 0.25) is 5.91 Å². The second-order valence-electron chi connectivity index (χ2n) is 4.06. The van der Waals surface area contributed by atoms with Gasteiger partial charge in [-0.25, -0.2) is 0 Å². The van der Waals surface area contributed by atoms with Crippen LogP contribution in [0.15, 0.2) is 24.3 Å². The first kappa shape index (κ1) is 17.7. The van der Waals surface area contributed by atoms with Crippen molar-refractivity contribution >= 4 is 18.3 Å². The Bertz CT molecular complexity index is 355. The number of amides is 1. The summed E-state index contributed by atoms with van der Waals surface area (Å²) in [7, 11) is 1.90. The number of hydrogen-bond acceptors (Lipinski definition) is 3. The zero-order valence-electron chi connectivity index (χ0n) is 11.6. The summed E-state index contributed by atoms with van der Waals surface area (Å²) in [5, 5.41) is 5.94. The van der Waals surface area contributed by atoms with Gasteiger partial charge in [-0.15, -0.1) is 12.4 Å². The topological polar surface area (TPSA) is 50.4 Å². The molecule has 0 saturated heterocycles. The molecule has 0 atom stereocenters. The monoisotopic (exact) mass is 286 g/mol. The molecule has 0 unspecified atom stereocenters. The molecule has 0 aliphatic rings. The van der Waals surface area contributed by atoms with Crippen LogP contribution >= 0.6 is 12.4 Å². The van der Waals surface area contributed by atoms with Gasteiger partial charge in [-0.3, -0.25) is 4.79 Å². The minimum absolute atomic E-state index is 0. The van der Waals surface area contributed by atoms with Crippen LogP contribution in [-0.2, 0) is 11.2 Å². The first-order valence-corrected chi connectivity index (χ1v) is 6.39. The molecule has 1 rings (SSSR count). The fraction of sp³-hybridized carbons (Fsp3) is 0.500. The molecule has 0 saturated carbocycles. The standard InChI is InChI=1S/C14H22N2O2.ClH/c1-3-18-13-7-5-12(6-8-13)11-14(17)16-10-4-9-15-2;/h5-8,15H,3-4,9-11H2,1-2H3,(H,16,17);1H. The molecule has 0 radical (unpaired) electrons. The predicted molar refractivity (Wildman–Crippen MR) is 80.1 cm³/mol. The van der Waals surface area contributed by atoms with Gasteiger partial charge < -0.3 is 15.4 Å².